The number of carbonyl (C=O) groups is 1. The van der Waals surface area contributed by atoms with E-state index in [0.717, 1.165) is 24.2 Å². The first-order valence-electron chi connectivity index (χ1n) is 8.26. The van der Waals surface area contributed by atoms with Crippen molar-refractivity contribution >= 4 is 15.7 Å². The Hall–Kier alpha value is -1.56. The number of ether oxygens (including phenoxy) is 1. The van der Waals surface area contributed by atoms with E-state index in [1.54, 1.807) is 0 Å². The molecule has 1 heterocycles. The molecule has 1 aliphatic heterocycles. The largest absolute Gasteiger partial charge is 0.490 e. The van der Waals surface area contributed by atoms with Gasteiger partial charge in [0.15, 0.2) is 9.84 Å². The predicted molar refractivity (Wildman–Crippen MR) is 87.9 cm³/mol. The van der Waals surface area contributed by atoms with Crippen LogP contribution in [0.3, 0.4) is 0 Å². The number of sulfone groups is 1. The van der Waals surface area contributed by atoms with E-state index in [-0.39, 0.29) is 23.5 Å². The third-order valence-electron chi connectivity index (χ3n) is 4.62. The molecule has 0 aromatic heterocycles. The van der Waals surface area contributed by atoms with Gasteiger partial charge < -0.3 is 10.1 Å². The van der Waals surface area contributed by atoms with E-state index in [0.29, 0.717) is 13.0 Å². The monoisotopic (exact) mass is 337 g/mol. The SMILES string of the molecule is O=C(NCc1ccccc1OC1CCCC1)C1CCS(=O)(=O)C1. The van der Waals surface area contributed by atoms with Crippen molar-refractivity contribution in [2.45, 2.75) is 44.8 Å². The topological polar surface area (TPSA) is 72.5 Å². The van der Waals surface area contributed by atoms with Crippen LogP contribution in [0.4, 0.5) is 0 Å². The molecule has 1 atom stereocenters. The van der Waals surface area contributed by atoms with Crippen LogP contribution in [-0.2, 0) is 21.2 Å². The molecule has 0 spiro atoms. The molecule has 1 aromatic rings. The summed E-state index contributed by atoms with van der Waals surface area (Å²) in [4.78, 5) is 12.1. The van der Waals surface area contributed by atoms with E-state index in [1.165, 1.54) is 12.8 Å². The first-order valence-corrected chi connectivity index (χ1v) is 10.1. The summed E-state index contributed by atoms with van der Waals surface area (Å²) in [7, 11) is -3.03. The van der Waals surface area contributed by atoms with E-state index in [2.05, 4.69) is 5.32 Å². The van der Waals surface area contributed by atoms with Gasteiger partial charge in [-0.2, -0.15) is 0 Å². The minimum atomic E-state index is -3.03. The second-order valence-electron chi connectivity index (χ2n) is 6.45. The van der Waals surface area contributed by atoms with Crippen LogP contribution in [0, 0.1) is 5.92 Å². The quantitative estimate of drug-likeness (QED) is 0.893. The molecule has 1 aromatic carbocycles. The third-order valence-corrected chi connectivity index (χ3v) is 6.39. The summed E-state index contributed by atoms with van der Waals surface area (Å²) >= 11 is 0. The van der Waals surface area contributed by atoms with E-state index in [4.69, 9.17) is 4.74 Å². The van der Waals surface area contributed by atoms with Crippen LogP contribution >= 0.6 is 0 Å². The van der Waals surface area contributed by atoms with Crippen molar-refractivity contribution in [3.63, 3.8) is 0 Å². The maximum absolute atomic E-state index is 12.1. The number of hydrogen-bond acceptors (Lipinski definition) is 4. The van der Waals surface area contributed by atoms with Gasteiger partial charge in [0.05, 0.1) is 23.5 Å². The van der Waals surface area contributed by atoms with Crippen molar-refractivity contribution in [3.05, 3.63) is 29.8 Å². The van der Waals surface area contributed by atoms with Gasteiger partial charge in [-0.15, -0.1) is 0 Å². The number of amides is 1. The zero-order valence-corrected chi connectivity index (χ0v) is 14.0. The van der Waals surface area contributed by atoms with E-state index < -0.39 is 15.8 Å². The van der Waals surface area contributed by atoms with Crippen LogP contribution in [0.1, 0.15) is 37.7 Å². The summed E-state index contributed by atoms with van der Waals surface area (Å²) < 4.78 is 29.0. The summed E-state index contributed by atoms with van der Waals surface area (Å²) in [6, 6.07) is 7.72. The Morgan fingerprint density at radius 1 is 1.17 bits per heavy atom. The highest BCUT2D eigenvalue weighted by Gasteiger charge is 2.32. The molecule has 1 aliphatic carbocycles. The lowest BCUT2D eigenvalue weighted by Gasteiger charge is -2.17. The molecule has 1 saturated carbocycles. The highest BCUT2D eigenvalue weighted by atomic mass is 32.2. The fourth-order valence-corrected chi connectivity index (χ4v) is 5.02. The number of rotatable bonds is 5. The average Bonchev–Trinajstić information content (AvgIpc) is 3.15. The van der Waals surface area contributed by atoms with Crippen molar-refractivity contribution in [1.82, 2.24) is 5.32 Å². The van der Waals surface area contributed by atoms with Gasteiger partial charge >= 0.3 is 0 Å². The van der Waals surface area contributed by atoms with Gasteiger partial charge in [0.25, 0.3) is 0 Å². The fraction of sp³-hybridized carbons (Fsp3) is 0.588. The fourth-order valence-electron chi connectivity index (χ4n) is 3.28. The number of carbonyl (C=O) groups excluding carboxylic acids is 1. The van der Waals surface area contributed by atoms with Crippen LogP contribution < -0.4 is 10.1 Å². The average molecular weight is 337 g/mol. The van der Waals surface area contributed by atoms with Crippen molar-refractivity contribution in [1.29, 1.82) is 0 Å². The molecule has 6 heteroatoms. The first kappa shape index (κ1) is 16.3. The highest BCUT2D eigenvalue weighted by Crippen LogP contribution is 2.27. The summed E-state index contributed by atoms with van der Waals surface area (Å²) in [5, 5.41) is 2.86. The van der Waals surface area contributed by atoms with Crippen LogP contribution in [0.5, 0.6) is 5.75 Å². The summed E-state index contributed by atoms with van der Waals surface area (Å²) in [6.07, 6.45) is 5.28. The number of para-hydroxylation sites is 1. The van der Waals surface area contributed by atoms with Gasteiger partial charge in [0.2, 0.25) is 5.91 Å². The minimum absolute atomic E-state index is 0.0287. The summed E-state index contributed by atoms with van der Waals surface area (Å²) in [6.45, 7) is 0.373. The normalized spacial score (nSPS) is 23.7. The van der Waals surface area contributed by atoms with Crippen molar-refractivity contribution in [3.8, 4) is 5.75 Å². The van der Waals surface area contributed by atoms with Crippen LogP contribution in [0.2, 0.25) is 0 Å². The highest BCUT2D eigenvalue weighted by molar-refractivity contribution is 7.91. The second kappa shape index (κ2) is 6.91. The first-order chi connectivity index (χ1) is 11.0. The molecule has 1 unspecified atom stereocenters. The Labute approximate surface area is 137 Å². The molecule has 2 fully saturated rings. The van der Waals surface area contributed by atoms with Crippen LogP contribution in [-0.4, -0.2) is 31.9 Å². The second-order valence-corrected chi connectivity index (χ2v) is 8.68. The Bertz CT molecular complexity index is 665. The molecular formula is C17H23NO4S. The van der Waals surface area contributed by atoms with E-state index in [9.17, 15) is 13.2 Å². The molecule has 1 amide bonds. The Morgan fingerprint density at radius 2 is 1.91 bits per heavy atom. The Kier molecular flexibility index (Phi) is 4.90. The zero-order chi connectivity index (χ0) is 16.3. The molecule has 1 saturated heterocycles. The molecule has 5 nitrogen and oxygen atoms in total. The lowest BCUT2D eigenvalue weighted by atomic mass is 10.1. The third kappa shape index (κ3) is 4.25. The van der Waals surface area contributed by atoms with Crippen molar-refractivity contribution < 1.29 is 17.9 Å². The lowest BCUT2D eigenvalue weighted by Crippen LogP contribution is -2.31. The molecule has 3 rings (SSSR count). The number of benzene rings is 1. The molecule has 1 N–H and O–H groups in total. The zero-order valence-electron chi connectivity index (χ0n) is 13.2. The maximum Gasteiger partial charge on any atom is 0.224 e. The number of hydrogen-bond donors (Lipinski definition) is 1. The number of nitrogens with one attached hydrogen (secondary N) is 1. The smallest absolute Gasteiger partial charge is 0.224 e. The van der Waals surface area contributed by atoms with Gasteiger partial charge in [-0.3, -0.25) is 4.79 Å². The van der Waals surface area contributed by atoms with Gasteiger partial charge in [-0.1, -0.05) is 18.2 Å². The van der Waals surface area contributed by atoms with E-state index in [1.807, 2.05) is 24.3 Å². The molecule has 0 bridgehead atoms. The van der Waals surface area contributed by atoms with Gasteiger partial charge in [-0.05, 0) is 38.2 Å². The van der Waals surface area contributed by atoms with Crippen LogP contribution in [0.15, 0.2) is 24.3 Å². The molecule has 2 aliphatic rings. The molecular weight excluding hydrogens is 314 g/mol. The Morgan fingerprint density at radius 3 is 2.61 bits per heavy atom. The maximum atomic E-state index is 12.1. The van der Waals surface area contributed by atoms with Gasteiger partial charge in [0, 0.05) is 12.1 Å². The van der Waals surface area contributed by atoms with Crippen molar-refractivity contribution in [2.24, 2.45) is 5.92 Å². The predicted octanol–water partition coefficient (Wildman–Crippen LogP) is 2.06. The molecule has 23 heavy (non-hydrogen) atoms. The molecule has 126 valence electrons. The lowest BCUT2D eigenvalue weighted by molar-refractivity contribution is -0.124. The van der Waals surface area contributed by atoms with Gasteiger partial charge in [-0.25, -0.2) is 8.42 Å². The standard InChI is InChI=1S/C17H23NO4S/c19-17(14-9-10-23(20,21)12-14)18-11-13-5-1-4-8-16(13)22-15-6-2-3-7-15/h1,4-5,8,14-15H,2-3,6-7,9-12H2,(H,18,19). The van der Waals surface area contributed by atoms with Gasteiger partial charge in [0.1, 0.15) is 5.75 Å². The van der Waals surface area contributed by atoms with E-state index >= 15 is 0 Å². The summed E-state index contributed by atoms with van der Waals surface area (Å²) in [5.74, 6) is 0.314. The van der Waals surface area contributed by atoms with Crippen LogP contribution in [0.25, 0.3) is 0 Å². The van der Waals surface area contributed by atoms with Crippen molar-refractivity contribution in [2.75, 3.05) is 11.5 Å². The minimum Gasteiger partial charge on any atom is -0.490 e. The summed E-state index contributed by atoms with van der Waals surface area (Å²) in [5.41, 5.74) is 0.939. The Balaban J connectivity index is 1.58. The molecule has 0 radical (unpaired) electrons.